The minimum absolute atomic E-state index is 0.431. The lowest BCUT2D eigenvalue weighted by molar-refractivity contribution is -0.132. The van der Waals surface area contributed by atoms with Gasteiger partial charge in [-0.15, -0.1) is 0 Å². The number of urea groups is 2. The third-order valence-corrected chi connectivity index (χ3v) is 4.26. The van der Waals surface area contributed by atoms with Crippen LogP contribution in [-0.2, 0) is 11.2 Å². The number of rotatable bonds is 5. The van der Waals surface area contributed by atoms with Gasteiger partial charge in [-0.05, 0) is 37.5 Å². The summed E-state index contributed by atoms with van der Waals surface area (Å²) in [5, 5.41) is 5.96. The van der Waals surface area contributed by atoms with Crippen molar-refractivity contribution in [1.82, 2.24) is 15.8 Å². The van der Waals surface area contributed by atoms with Gasteiger partial charge < -0.3 is 10.6 Å². The molecule has 7 nitrogen and oxygen atoms in total. The number of carbonyl (C=O) groups is 3. The molecule has 1 fully saturated rings. The summed E-state index contributed by atoms with van der Waals surface area (Å²) >= 11 is 0. The molecule has 0 aromatic heterocycles. The van der Waals surface area contributed by atoms with Crippen molar-refractivity contribution in [1.29, 1.82) is 0 Å². The van der Waals surface area contributed by atoms with E-state index in [9.17, 15) is 14.4 Å². The van der Waals surface area contributed by atoms with Crippen molar-refractivity contribution in [2.24, 2.45) is 0 Å². The highest BCUT2D eigenvalue weighted by Crippen LogP contribution is 2.22. The quantitative estimate of drug-likeness (QED) is 0.723. The molecule has 5 amide bonds. The van der Waals surface area contributed by atoms with Crippen LogP contribution >= 0.6 is 0 Å². The predicted molar refractivity (Wildman–Crippen MR) is 97.1 cm³/mol. The van der Waals surface area contributed by atoms with Crippen molar-refractivity contribution in [3.05, 3.63) is 66.2 Å². The summed E-state index contributed by atoms with van der Waals surface area (Å²) in [6.45, 7) is 1.66. The Balaban J connectivity index is 1.61. The maximum absolute atomic E-state index is 12.6. The van der Waals surface area contributed by atoms with Crippen LogP contribution in [0.2, 0.25) is 0 Å². The molecular formula is C19H20N4O3. The van der Waals surface area contributed by atoms with Gasteiger partial charge in [0.15, 0.2) is 0 Å². The Labute approximate surface area is 151 Å². The first-order valence-corrected chi connectivity index (χ1v) is 8.31. The minimum Gasteiger partial charge on any atom is -0.322 e. The molecule has 0 saturated carbocycles. The Morgan fingerprint density at radius 2 is 1.65 bits per heavy atom. The van der Waals surface area contributed by atoms with E-state index in [-0.39, 0.29) is 0 Å². The SMILES string of the molecule is CC1(CCc2ccccc2)NC(=O)N(NC(=O)Nc2ccccc2)C1=O. The van der Waals surface area contributed by atoms with Crippen molar-refractivity contribution >= 4 is 23.7 Å². The first-order valence-electron chi connectivity index (χ1n) is 8.31. The second-order valence-corrected chi connectivity index (χ2v) is 6.32. The van der Waals surface area contributed by atoms with Crippen molar-refractivity contribution in [3.8, 4) is 0 Å². The first-order chi connectivity index (χ1) is 12.5. The van der Waals surface area contributed by atoms with Crippen LogP contribution in [0, 0.1) is 0 Å². The summed E-state index contributed by atoms with van der Waals surface area (Å²) in [6, 6.07) is 17.2. The molecule has 2 aromatic carbocycles. The maximum Gasteiger partial charge on any atom is 0.344 e. The second kappa shape index (κ2) is 7.26. The molecule has 0 spiro atoms. The lowest BCUT2D eigenvalue weighted by atomic mass is 9.93. The number of nitrogens with one attached hydrogen (secondary N) is 3. The molecule has 1 saturated heterocycles. The van der Waals surface area contributed by atoms with Crippen LogP contribution in [0.3, 0.4) is 0 Å². The summed E-state index contributed by atoms with van der Waals surface area (Å²) in [4.78, 5) is 36.9. The highest BCUT2D eigenvalue weighted by molar-refractivity contribution is 6.08. The fourth-order valence-electron chi connectivity index (χ4n) is 2.78. The smallest absolute Gasteiger partial charge is 0.322 e. The highest BCUT2D eigenvalue weighted by Gasteiger charge is 2.48. The van der Waals surface area contributed by atoms with Crippen LogP contribution < -0.4 is 16.1 Å². The van der Waals surface area contributed by atoms with E-state index in [0.717, 1.165) is 10.6 Å². The topological polar surface area (TPSA) is 90.5 Å². The number of para-hydroxylation sites is 1. The molecule has 7 heteroatoms. The molecule has 1 atom stereocenters. The maximum atomic E-state index is 12.6. The van der Waals surface area contributed by atoms with Gasteiger partial charge in [-0.1, -0.05) is 48.5 Å². The molecule has 1 unspecified atom stereocenters. The number of amides is 5. The third-order valence-electron chi connectivity index (χ3n) is 4.26. The van der Waals surface area contributed by atoms with Crippen LogP contribution in [0.5, 0.6) is 0 Å². The first kappa shape index (κ1) is 17.5. The molecule has 26 heavy (non-hydrogen) atoms. The van der Waals surface area contributed by atoms with Gasteiger partial charge in [-0.25, -0.2) is 15.0 Å². The average Bonchev–Trinajstić information content (AvgIpc) is 2.85. The van der Waals surface area contributed by atoms with Gasteiger partial charge in [0, 0.05) is 5.69 Å². The molecule has 3 N–H and O–H groups in total. The molecule has 1 aliphatic heterocycles. The van der Waals surface area contributed by atoms with Crippen LogP contribution in [0.25, 0.3) is 0 Å². The third kappa shape index (κ3) is 3.83. The van der Waals surface area contributed by atoms with Gasteiger partial charge in [0.2, 0.25) is 0 Å². The number of anilines is 1. The van der Waals surface area contributed by atoms with E-state index in [2.05, 4.69) is 16.1 Å². The van der Waals surface area contributed by atoms with Gasteiger partial charge >= 0.3 is 12.1 Å². The van der Waals surface area contributed by atoms with Crippen LogP contribution in [0.15, 0.2) is 60.7 Å². The molecule has 0 aliphatic carbocycles. The van der Waals surface area contributed by atoms with Gasteiger partial charge in [0.25, 0.3) is 5.91 Å². The number of hydrazine groups is 1. The number of hydrogen-bond acceptors (Lipinski definition) is 3. The van der Waals surface area contributed by atoms with Crippen LogP contribution in [0.1, 0.15) is 18.9 Å². The Kier molecular flexibility index (Phi) is 4.88. The zero-order valence-electron chi connectivity index (χ0n) is 14.4. The average molecular weight is 352 g/mol. The molecule has 0 radical (unpaired) electrons. The molecule has 134 valence electrons. The summed E-state index contributed by atoms with van der Waals surface area (Å²) in [6.07, 6.45) is 1.06. The van der Waals surface area contributed by atoms with E-state index in [1.807, 2.05) is 36.4 Å². The molecule has 1 heterocycles. The Bertz CT molecular complexity index is 810. The van der Waals surface area contributed by atoms with E-state index in [0.29, 0.717) is 18.5 Å². The van der Waals surface area contributed by atoms with Crippen molar-refractivity contribution in [3.63, 3.8) is 0 Å². The van der Waals surface area contributed by atoms with Crippen LogP contribution in [-0.4, -0.2) is 28.5 Å². The Morgan fingerprint density at radius 3 is 2.31 bits per heavy atom. The summed E-state index contributed by atoms with van der Waals surface area (Å²) in [5.41, 5.74) is 2.87. The predicted octanol–water partition coefficient (Wildman–Crippen LogP) is 2.67. The zero-order valence-corrected chi connectivity index (χ0v) is 14.4. The van der Waals surface area contributed by atoms with Crippen molar-refractivity contribution in [2.75, 3.05) is 5.32 Å². The molecule has 1 aliphatic rings. The van der Waals surface area contributed by atoms with Gasteiger partial charge in [0.05, 0.1) is 0 Å². The van der Waals surface area contributed by atoms with Gasteiger partial charge in [0.1, 0.15) is 5.54 Å². The lowest BCUT2D eigenvalue weighted by Gasteiger charge is -2.21. The largest absolute Gasteiger partial charge is 0.344 e. The van der Waals surface area contributed by atoms with E-state index >= 15 is 0 Å². The molecular weight excluding hydrogens is 332 g/mol. The number of aryl methyl sites for hydroxylation is 1. The summed E-state index contributed by atoms with van der Waals surface area (Å²) < 4.78 is 0. The summed E-state index contributed by atoms with van der Waals surface area (Å²) in [7, 11) is 0. The Morgan fingerprint density at radius 1 is 1.04 bits per heavy atom. The Hall–Kier alpha value is -3.35. The molecule has 3 rings (SSSR count). The number of hydrogen-bond donors (Lipinski definition) is 3. The van der Waals surface area contributed by atoms with Gasteiger partial charge in [-0.2, -0.15) is 5.01 Å². The van der Waals surface area contributed by atoms with Crippen molar-refractivity contribution in [2.45, 2.75) is 25.3 Å². The second-order valence-electron chi connectivity index (χ2n) is 6.32. The lowest BCUT2D eigenvalue weighted by Crippen LogP contribution is -2.50. The monoisotopic (exact) mass is 352 g/mol. The normalized spacial score (nSPS) is 19.2. The standard InChI is InChI=1S/C19H20N4O3/c1-19(13-12-14-8-4-2-5-9-14)16(24)23(18(26)21-19)22-17(25)20-15-10-6-3-7-11-15/h2-11H,12-13H2,1H3,(H,21,26)(H2,20,22,25). The number of carbonyl (C=O) groups excluding carboxylic acids is 3. The number of imide groups is 1. The van der Waals surface area contributed by atoms with Crippen LogP contribution in [0.4, 0.5) is 15.3 Å². The fraction of sp³-hybridized carbons (Fsp3) is 0.211. The van der Waals surface area contributed by atoms with E-state index in [1.165, 1.54) is 0 Å². The van der Waals surface area contributed by atoms with E-state index < -0.39 is 23.5 Å². The highest BCUT2D eigenvalue weighted by atomic mass is 16.2. The summed E-state index contributed by atoms with van der Waals surface area (Å²) in [5.74, 6) is -0.485. The molecule has 2 aromatic rings. The molecule has 0 bridgehead atoms. The number of benzene rings is 2. The number of nitrogens with zero attached hydrogens (tertiary/aromatic N) is 1. The van der Waals surface area contributed by atoms with E-state index in [4.69, 9.17) is 0 Å². The van der Waals surface area contributed by atoms with Gasteiger partial charge in [-0.3, -0.25) is 4.79 Å². The fourth-order valence-corrected chi connectivity index (χ4v) is 2.78. The zero-order chi connectivity index (χ0) is 18.6. The minimum atomic E-state index is -1.06. The van der Waals surface area contributed by atoms with E-state index in [1.54, 1.807) is 31.2 Å². The van der Waals surface area contributed by atoms with Crippen molar-refractivity contribution < 1.29 is 14.4 Å².